The summed E-state index contributed by atoms with van der Waals surface area (Å²) in [6, 6.07) is 0. The molecular weight excluding hydrogens is 132 g/mol. The topological polar surface area (TPSA) is 0 Å². The fraction of sp³-hybridized carbons (Fsp3) is 1.00. The second kappa shape index (κ2) is 2.80. The Bertz CT molecular complexity index is 111. The molecule has 1 aliphatic carbocycles. The molecule has 0 aromatic heterocycles. The number of hydrogen-bond acceptors (Lipinski definition) is 0. The van der Waals surface area contributed by atoms with E-state index in [-0.39, 0.29) is 0 Å². The third kappa shape index (κ3) is 1.02. The van der Waals surface area contributed by atoms with Crippen LogP contribution in [0.2, 0.25) is 0 Å². The maximum Gasteiger partial charge on any atom is -0.0241 e. The molecule has 66 valence electrons. The molecule has 0 aromatic rings. The van der Waals surface area contributed by atoms with Gasteiger partial charge in [-0.05, 0) is 42.9 Å². The third-order valence-electron chi connectivity index (χ3n) is 4.38. The highest BCUT2D eigenvalue weighted by atomic mass is 14.7. The van der Waals surface area contributed by atoms with E-state index in [1.807, 2.05) is 0 Å². The van der Waals surface area contributed by atoms with Gasteiger partial charge in [0.15, 0.2) is 0 Å². The summed E-state index contributed by atoms with van der Waals surface area (Å²) in [7, 11) is 0. The second-order valence-electron chi connectivity index (χ2n) is 4.15. The molecular formula is C11H22. The molecule has 0 nitrogen and oxygen atoms in total. The SMILES string of the molecule is CCC1(CC)CC1(CC)CC. The molecule has 1 fully saturated rings. The van der Waals surface area contributed by atoms with Crippen molar-refractivity contribution in [2.45, 2.75) is 59.8 Å². The van der Waals surface area contributed by atoms with Crippen LogP contribution in [0.3, 0.4) is 0 Å². The molecule has 0 N–H and O–H groups in total. The van der Waals surface area contributed by atoms with Gasteiger partial charge in [-0.15, -0.1) is 0 Å². The van der Waals surface area contributed by atoms with Gasteiger partial charge in [0.2, 0.25) is 0 Å². The average molecular weight is 154 g/mol. The third-order valence-corrected chi connectivity index (χ3v) is 4.38. The Kier molecular flexibility index (Phi) is 2.32. The lowest BCUT2D eigenvalue weighted by Crippen LogP contribution is -2.11. The molecule has 1 rings (SSSR count). The fourth-order valence-corrected chi connectivity index (χ4v) is 3.10. The van der Waals surface area contributed by atoms with Crippen LogP contribution in [0, 0.1) is 10.8 Å². The largest absolute Gasteiger partial charge is 0.0648 e. The molecule has 0 spiro atoms. The second-order valence-corrected chi connectivity index (χ2v) is 4.15. The summed E-state index contributed by atoms with van der Waals surface area (Å²) in [4.78, 5) is 0. The molecule has 1 aliphatic rings. The summed E-state index contributed by atoms with van der Waals surface area (Å²) in [5.41, 5.74) is 1.49. The molecule has 0 aromatic carbocycles. The normalized spacial score (nSPS) is 25.1. The van der Waals surface area contributed by atoms with Gasteiger partial charge in [0.25, 0.3) is 0 Å². The van der Waals surface area contributed by atoms with Crippen LogP contribution in [0.4, 0.5) is 0 Å². The lowest BCUT2D eigenvalue weighted by molar-refractivity contribution is 0.295. The van der Waals surface area contributed by atoms with Crippen molar-refractivity contribution in [2.75, 3.05) is 0 Å². The molecule has 0 radical (unpaired) electrons. The van der Waals surface area contributed by atoms with Gasteiger partial charge >= 0.3 is 0 Å². The highest BCUT2D eigenvalue weighted by molar-refractivity contribution is 5.11. The summed E-state index contributed by atoms with van der Waals surface area (Å²) >= 11 is 0. The zero-order valence-corrected chi connectivity index (χ0v) is 8.54. The molecule has 0 heterocycles. The predicted octanol–water partition coefficient (Wildman–Crippen LogP) is 4.00. The summed E-state index contributed by atoms with van der Waals surface area (Å²) in [5.74, 6) is 0. The Labute approximate surface area is 71.4 Å². The van der Waals surface area contributed by atoms with Gasteiger partial charge in [-0.2, -0.15) is 0 Å². The van der Waals surface area contributed by atoms with Crippen LogP contribution in [0.5, 0.6) is 0 Å². The van der Waals surface area contributed by atoms with Crippen molar-refractivity contribution >= 4 is 0 Å². The lowest BCUT2D eigenvalue weighted by atomic mass is 9.84. The van der Waals surface area contributed by atoms with Crippen molar-refractivity contribution in [1.82, 2.24) is 0 Å². The van der Waals surface area contributed by atoms with Crippen molar-refractivity contribution in [2.24, 2.45) is 10.8 Å². The zero-order chi connectivity index (χ0) is 8.54. The highest BCUT2D eigenvalue weighted by Crippen LogP contribution is 2.71. The fourth-order valence-electron chi connectivity index (χ4n) is 3.10. The van der Waals surface area contributed by atoms with E-state index in [9.17, 15) is 0 Å². The minimum Gasteiger partial charge on any atom is -0.0648 e. The van der Waals surface area contributed by atoms with Crippen LogP contribution in [0.15, 0.2) is 0 Å². The Morgan fingerprint density at radius 3 is 1.09 bits per heavy atom. The van der Waals surface area contributed by atoms with Crippen LogP contribution in [-0.4, -0.2) is 0 Å². The number of hydrogen-bond donors (Lipinski definition) is 0. The minimum atomic E-state index is 0.747. The summed E-state index contributed by atoms with van der Waals surface area (Å²) in [6.45, 7) is 9.43. The van der Waals surface area contributed by atoms with E-state index in [4.69, 9.17) is 0 Å². The molecule has 0 amide bonds. The van der Waals surface area contributed by atoms with Gasteiger partial charge in [0.1, 0.15) is 0 Å². The maximum atomic E-state index is 2.36. The monoisotopic (exact) mass is 154 g/mol. The van der Waals surface area contributed by atoms with Crippen LogP contribution >= 0.6 is 0 Å². The molecule has 0 atom stereocenters. The van der Waals surface area contributed by atoms with Gasteiger partial charge in [-0.3, -0.25) is 0 Å². The van der Waals surface area contributed by atoms with Gasteiger partial charge in [0, 0.05) is 0 Å². The van der Waals surface area contributed by atoms with E-state index in [0.717, 1.165) is 10.8 Å². The van der Waals surface area contributed by atoms with Crippen LogP contribution in [0.25, 0.3) is 0 Å². The van der Waals surface area contributed by atoms with Gasteiger partial charge in [-0.25, -0.2) is 0 Å². The first-order chi connectivity index (χ1) is 5.20. The lowest BCUT2D eigenvalue weighted by Gasteiger charge is -2.21. The smallest absolute Gasteiger partial charge is 0.0241 e. The maximum absolute atomic E-state index is 2.36. The summed E-state index contributed by atoms with van der Waals surface area (Å²) in [6.07, 6.45) is 7.08. The molecule has 0 bridgehead atoms. The molecule has 0 aliphatic heterocycles. The molecule has 11 heavy (non-hydrogen) atoms. The Hall–Kier alpha value is 0. The Morgan fingerprint density at radius 2 is 1.00 bits per heavy atom. The van der Waals surface area contributed by atoms with Gasteiger partial charge in [0.05, 0.1) is 0 Å². The van der Waals surface area contributed by atoms with Crippen molar-refractivity contribution in [3.05, 3.63) is 0 Å². The zero-order valence-electron chi connectivity index (χ0n) is 8.54. The van der Waals surface area contributed by atoms with Crippen molar-refractivity contribution < 1.29 is 0 Å². The Morgan fingerprint density at radius 1 is 0.727 bits per heavy atom. The van der Waals surface area contributed by atoms with Crippen LogP contribution in [-0.2, 0) is 0 Å². The molecule has 1 saturated carbocycles. The van der Waals surface area contributed by atoms with Gasteiger partial charge < -0.3 is 0 Å². The first-order valence-corrected chi connectivity index (χ1v) is 5.20. The van der Waals surface area contributed by atoms with Crippen LogP contribution < -0.4 is 0 Å². The van der Waals surface area contributed by atoms with Gasteiger partial charge in [-0.1, -0.05) is 27.7 Å². The summed E-state index contributed by atoms with van der Waals surface area (Å²) < 4.78 is 0. The first-order valence-electron chi connectivity index (χ1n) is 5.20. The molecule has 0 unspecified atom stereocenters. The summed E-state index contributed by atoms with van der Waals surface area (Å²) in [5, 5.41) is 0. The van der Waals surface area contributed by atoms with E-state index < -0.39 is 0 Å². The van der Waals surface area contributed by atoms with Crippen molar-refractivity contribution in [1.29, 1.82) is 0 Å². The van der Waals surface area contributed by atoms with E-state index >= 15 is 0 Å². The predicted molar refractivity (Wildman–Crippen MR) is 50.6 cm³/mol. The minimum absolute atomic E-state index is 0.747. The van der Waals surface area contributed by atoms with E-state index in [1.54, 1.807) is 0 Å². The average Bonchev–Trinajstić information content (AvgIpc) is 2.75. The first kappa shape index (κ1) is 9.09. The highest BCUT2D eigenvalue weighted by Gasteiger charge is 2.61. The van der Waals surface area contributed by atoms with E-state index in [0.29, 0.717) is 0 Å². The van der Waals surface area contributed by atoms with E-state index in [2.05, 4.69) is 27.7 Å². The molecule has 0 saturated heterocycles. The Balaban J connectivity index is 2.65. The van der Waals surface area contributed by atoms with Crippen molar-refractivity contribution in [3.8, 4) is 0 Å². The molecule has 0 heteroatoms. The number of rotatable bonds is 4. The quantitative estimate of drug-likeness (QED) is 0.574. The standard InChI is InChI=1S/C11H22/c1-5-10(6-2)9-11(10,7-3)8-4/h5-9H2,1-4H3. The van der Waals surface area contributed by atoms with Crippen LogP contribution in [0.1, 0.15) is 59.8 Å². The van der Waals surface area contributed by atoms with E-state index in [1.165, 1.54) is 32.1 Å². The van der Waals surface area contributed by atoms with Crippen molar-refractivity contribution in [3.63, 3.8) is 0 Å².